The van der Waals surface area contributed by atoms with Gasteiger partial charge in [0.1, 0.15) is 11.6 Å². The van der Waals surface area contributed by atoms with Crippen molar-refractivity contribution in [3.63, 3.8) is 0 Å². The number of rotatable bonds is 2. The second kappa shape index (κ2) is 7.27. The third kappa shape index (κ3) is 2.64. The van der Waals surface area contributed by atoms with Crippen LogP contribution in [0.15, 0.2) is 121 Å². The molecule has 4 heterocycles. The van der Waals surface area contributed by atoms with E-state index in [1.54, 1.807) is 0 Å². The number of hydrogen-bond acceptors (Lipinski definition) is 2. The lowest BCUT2D eigenvalue weighted by Crippen LogP contribution is -2.00. The Kier molecular flexibility index (Phi) is 3.91. The van der Waals surface area contributed by atoms with Crippen molar-refractivity contribution < 1.29 is 0 Å². The molecule has 0 aliphatic rings. The van der Waals surface area contributed by atoms with Gasteiger partial charge in [-0.05, 0) is 48.5 Å². The Balaban J connectivity index is 1.34. The highest BCUT2D eigenvalue weighted by molar-refractivity contribution is 6.10. The molecule has 36 heavy (non-hydrogen) atoms. The number of aromatic nitrogens is 4. The van der Waals surface area contributed by atoms with Gasteiger partial charge in [0.25, 0.3) is 0 Å². The van der Waals surface area contributed by atoms with Crippen LogP contribution in [0.25, 0.3) is 66.3 Å². The summed E-state index contributed by atoms with van der Waals surface area (Å²) in [5.41, 5.74) is 6.36. The molecule has 0 spiro atoms. The fourth-order valence-corrected chi connectivity index (χ4v) is 5.58. The number of para-hydroxylation sites is 4. The smallest absolute Gasteiger partial charge is 0.138 e. The van der Waals surface area contributed by atoms with Gasteiger partial charge in [0.15, 0.2) is 0 Å². The molecule has 0 aliphatic heterocycles. The van der Waals surface area contributed by atoms with E-state index in [1.165, 1.54) is 21.5 Å². The minimum absolute atomic E-state index is 0.874. The highest BCUT2D eigenvalue weighted by atomic mass is 15.1. The molecule has 0 amide bonds. The highest BCUT2D eigenvalue weighted by Gasteiger charge is 2.15. The van der Waals surface area contributed by atoms with Crippen LogP contribution in [0.4, 0.5) is 0 Å². The molecule has 0 aliphatic carbocycles. The van der Waals surface area contributed by atoms with Gasteiger partial charge in [-0.15, -0.1) is 0 Å². The van der Waals surface area contributed by atoms with Gasteiger partial charge in [-0.25, -0.2) is 9.97 Å². The number of nitrogens with zero attached hydrogens (tertiary/aromatic N) is 4. The van der Waals surface area contributed by atoms with Crippen molar-refractivity contribution in [3.05, 3.63) is 121 Å². The summed E-state index contributed by atoms with van der Waals surface area (Å²) in [6.45, 7) is 0. The predicted octanol–water partition coefficient (Wildman–Crippen LogP) is 7.82. The van der Waals surface area contributed by atoms with Crippen molar-refractivity contribution in [2.45, 2.75) is 0 Å². The van der Waals surface area contributed by atoms with E-state index in [4.69, 9.17) is 9.97 Å². The topological polar surface area (TPSA) is 35.6 Å². The predicted molar refractivity (Wildman–Crippen MR) is 148 cm³/mol. The lowest BCUT2D eigenvalue weighted by molar-refractivity contribution is 1.08. The van der Waals surface area contributed by atoms with Crippen LogP contribution in [0.2, 0.25) is 0 Å². The van der Waals surface area contributed by atoms with E-state index in [9.17, 15) is 0 Å². The molecule has 4 heteroatoms. The summed E-state index contributed by atoms with van der Waals surface area (Å²) >= 11 is 0. The summed E-state index contributed by atoms with van der Waals surface area (Å²) in [5, 5.41) is 4.93. The van der Waals surface area contributed by atoms with Gasteiger partial charge >= 0.3 is 0 Å². The molecule has 0 atom stereocenters. The maximum atomic E-state index is 5.06. The molecule has 4 aromatic carbocycles. The van der Waals surface area contributed by atoms with Crippen molar-refractivity contribution in [1.29, 1.82) is 0 Å². The Hall–Kier alpha value is -4.96. The molecule has 0 saturated carbocycles. The van der Waals surface area contributed by atoms with Crippen molar-refractivity contribution in [2.75, 3.05) is 0 Å². The van der Waals surface area contributed by atoms with Crippen molar-refractivity contribution in [1.82, 2.24) is 19.1 Å². The van der Waals surface area contributed by atoms with Crippen LogP contribution in [0.5, 0.6) is 0 Å². The zero-order valence-corrected chi connectivity index (χ0v) is 19.3. The number of fused-ring (bicyclic) bond motifs is 7. The van der Waals surface area contributed by atoms with Crippen LogP contribution in [0, 0.1) is 0 Å². The summed E-state index contributed by atoms with van der Waals surface area (Å²) in [6.07, 6.45) is 0. The summed E-state index contributed by atoms with van der Waals surface area (Å²) in [4.78, 5) is 10.1. The average molecular weight is 461 g/mol. The molecule has 0 bridgehead atoms. The summed E-state index contributed by atoms with van der Waals surface area (Å²) < 4.78 is 4.48. The first-order valence-electron chi connectivity index (χ1n) is 12.1. The third-order valence-electron chi connectivity index (χ3n) is 7.13. The zero-order chi connectivity index (χ0) is 23.6. The normalized spacial score (nSPS) is 11.9. The summed E-state index contributed by atoms with van der Waals surface area (Å²) in [5.74, 6) is 1.79. The first-order valence-corrected chi connectivity index (χ1v) is 12.1. The quantitative estimate of drug-likeness (QED) is 0.264. The molecule has 0 saturated heterocycles. The zero-order valence-electron chi connectivity index (χ0n) is 19.3. The van der Waals surface area contributed by atoms with E-state index < -0.39 is 0 Å². The average Bonchev–Trinajstić information content (AvgIpc) is 3.46. The van der Waals surface area contributed by atoms with Crippen LogP contribution in [-0.4, -0.2) is 19.1 Å². The molecule has 8 aromatic rings. The Morgan fingerprint density at radius 1 is 0.333 bits per heavy atom. The first kappa shape index (κ1) is 19.4. The van der Waals surface area contributed by atoms with E-state index in [1.807, 2.05) is 0 Å². The molecular formula is C32H20N4. The van der Waals surface area contributed by atoms with Crippen molar-refractivity contribution in [2.24, 2.45) is 0 Å². The monoisotopic (exact) mass is 460 g/mol. The van der Waals surface area contributed by atoms with E-state index >= 15 is 0 Å². The molecular weight excluding hydrogens is 440 g/mol. The molecule has 0 N–H and O–H groups in total. The van der Waals surface area contributed by atoms with Crippen LogP contribution >= 0.6 is 0 Å². The highest BCUT2D eigenvalue weighted by Crippen LogP contribution is 2.33. The van der Waals surface area contributed by atoms with E-state index in [0.717, 1.165) is 44.7 Å². The van der Waals surface area contributed by atoms with Crippen LogP contribution < -0.4 is 0 Å². The Bertz CT molecular complexity index is 1850. The standard InChI is InChI=1S/C32H20N4/c1-5-13-27-21(9-1)22-10-2-6-14-28(22)35(27)31-19-17-26-25(33-31)18-20-32(34-26)36-29-15-7-3-11-23(29)24-12-4-8-16-30(24)36/h1-20H. The molecule has 8 rings (SSSR count). The maximum Gasteiger partial charge on any atom is 0.138 e. The van der Waals surface area contributed by atoms with Crippen LogP contribution in [0.1, 0.15) is 0 Å². The lowest BCUT2D eigenvalue weighted by Gasteiger charge is -2.10. The van der Waals surface area contributed by atoms with Crippen LogP contribution in [0.3, 0.4) is 0 Å². The largest absolute Gasteiger partial charge is 0.294 e. The first-order chi connectivity index (χ1) is 17.9. The van der Waals surface area contributed by atoms with E-state index in [-0.39, 0.29) is 0 Å². The molecule has 168 valence electrons. The van der Waals surface area contributed by atoms with E-state index in [2.05, 4.69) is 130 Å². The van der Waals surface area contributed by atoms with Gasteiger partial charge in [0.2, 0.25) is 0 Å². The van der Waals surface area contributed by atoms with Gasteiger partial charge in [-0.1, -0.05) is 72.8 Å². The summed E-state index contributed by atoms with van der Waals surface area (Å²) in [6, 6.07) is 42.3. The minimum Gasteiger partial charge on any atom is -0.294 e. The molecule has 0 unspecified atom stereocenters. The van der Waals surface area contributed by atoms with Gasteiger partial charge < -0.3 is 0 Å². The fraction of sp³-hybridized carbons (Fsp3) is 0. The van der Waals surface area contributed by atoms with Gasteiger partial charge in [0.05, 0.1) is 33.1 Å². The number of pyridine rings is 2. The second-order valence-corrected chi connectivity index (χ2v) is 9.12. The van der Waals surface area contributed by atoms with Crippen molar-refractivity contribution >= 4 is 54.6 Å². The third-order valence-corrected chi connectivity index (χ3v) is 7.13. The molecule has 0 radical (unpaired) electrons. The van der Waals surface area contributed by atoms with Crippen molar-refractivity contribution in [3.8, 4) is 11.6 Å². The Labute approximate surface area is 206 Å². The molecule has 4 nitrogen and oxygen atoms in total. The SMILES string of the molecule is c1ccc2c(c1)c1ccccc1n2-c1ccc2nc(-n3c4ccccc4c4ccccc43)ccc2n1. The van der Waals surface area contributed by atoms with Crippen LogP contribution in [-0.2, 0) is 0 Å². The van der Waals surface area contributed by atoms with Gasteiger partial charge in [-0.2, -0.15) is 0 Å². The second-order valence-electron chi connectivity index (χ2n) is 9.12. The van der Waals surface area contributed by atoms with Gasteiger partial charge in [0, 0.05) is 21.5 Å². The Morgan fingerprint density at radius 3 is 0.972 bits per heavy atom. The van der Waals surface area contributed by atoms with Gasteiger partial charge in [-0.3, -0.25) is 9.13 Å². The number of hydrogen-bond donors (Lipinski definition) is 0. The lowest BCUT2D eigenvalue weighted by atomic mass is 10.2. The summed E-state index contributed by atoms with van der Waals surface area (Å²) in [7, 11) is 0. The fourth-order valence-electron chi connectivity index (χ4n) is 5.58. The maximum absolute atomic E-state index is 5.06. The molecule has 4 aromatic heterocycles. The minimum atomic E-state index is 0.874. The number of benzene rings is 4. The Morgan fingerprint density at radius 2 is 0.639 bits per heavy atom. The molecule has 0 fully saturated rings. The van der Waals surface area contributed by atoms with E-state index in [0.29, 0.717) is 0 Å².